The molecule has 0 N–H and O–H groups in total. The second kappa shape index (κ2) is 5.59. The number of rotatable bonds is 4. The Hall–Kier alpha value is -1.53. The minimum Gasteiger partial charge on any atom is -0.420 e. The van der Waals surface area contributed by atoms with Gasteiger partial charge in [0.05, 0.1) is 0 Å². The highest BCUT2D eigenvalue weighted by molar-refractivity contribution is 5.77. The lowest BCUT2D eigenvalue weighted by Gasteiger charge is -2.23. The van der Waals surface area contributed by atoms with Crippen LogP contribution in [0.1, 0.15) is 57.7 Å². The van der Waals surface area contributed by atoms with E-state index in [0.29, 0.717) is 12.0 Å². The number of hydrogen-bond acceptors (Lipinski definition) is 4. The molecule has 1 saturated carbocycles. The van der Waals surface area contributed by atoms with Crippen molar-refractivity contribution in [2.24, 2.45) is 11.3 Å². The van der Waals surface area contributed by atoms with Gasteiger partial charge in [-0.3, -0.25) is 4.79 Å². The van der Waals surface area contributed by atoms with Gasteiger partial charge in [0.2, 0.25) is 11.8 Å². The summed E-state index contributed by atoms with van der Waals surface area (Å²) in [7, 11) is 0. The molecule has 122 valence electrons. The summed E-state index contributed by atoms with van der Waals surface area (Å²) in [5.41, 5.74) is 0.157. The first-order chi connectivity index (χ1) is 10.4. The van der Waals surface area contributed by atoms with Gasteiger partial charge < -0.3 is 9.32 Å². The van der Waals surface area contributed by atoms with Crippen LogP contribution < -0.4 is 0 Å². The summed E-state index contributed by atoms with van der Waals surface area (Å²) in [6, 6.07) is 0.335. The van der Waals surface area contributed by atoms with Gasteiger partial charge in [-0.25, -0.2) is 0 Å². The van der Waals surface area contributed by atoms with Crippen molar-refractivity contribution in [3.05, 3.63) is 11.8 Å². The van der Waals surface area contributed by atoms with E-state index in [0.717, 1.165) is 13.0 Å². The first-order valence-electron chi connectivity index (χ1n) is 7.78. The lowest BCUT2D eigenvalue weighted by Crippen LogP contribution is -2.36. The molecule has 5 nitrogen and oxygen atoms in total. The zero-order valence-electron chi connectivity index (χ0n) is 12.9. The molecular weight excluding hydrogens is 292 g/mol. The first-order valence-corrected chi connectivity index (χ1v) is 7.78. The standard InChI is InChI=1S/C15H21F2N3O2/c1-15(2)8-20(10-5-3-4-9(10)15)12(21)7-6-11-18-19-14(22-11)13(16)17/h9-10,13H,3-8H2,1-2H3/t9-,10+/m0/s1. The van der Waals surface area contributed by atoms with Gasteiger partial charge in [0.25, 0.3) is 5.89 Å². The van der Waals surface area contributed by atoms with E-state index in [-0.39, 0.29) is 30.1 Å². The molecule has 0 spiro atoms. The quantitative estimate of drug-likeness (QED) is 0.857. The summed E-state index contributed by atoms with van der Waals surface area (Å²) in [6.07, 6.45) is 1.09. The van der Waals surface area contributed by atoms with Crippen molar-refractivity contribution in [3.8, 4) is 0 Å². The average Bonchev–Trinajstić information content (AvgIpc) is 3.14. The van der Waals surface area contributed by atoms with Crippen LogP contribution in [0.15, 0.2) is 4.42 Å². The van der Waals surface area contributed by atoms with Crippen LogP contribution in [0.2, 0.25) is 0 Å². The van der Waals surface area contributed by atoms with Gasteiger partial charge in [-0.1, -0.05) is 20.3 Å². The number of alkyl halides is 2. The topological polar surface area (TPSA) is 59.2 Å². The van der Waals surface area contributed by atoms with Crippen molar-refractivity contribution in [1.29, 1.82) is 0 Å². The molecule has 0 unspecified atom stereocenters. The van der Waals surface area contributed by atoms with Crippen LogP contribution >= 0.6 is 0 Å². The zero-order chi connectivity index (χ0) is 15.9. The van der Waals surface area contributed by atoms with Crippen LogP contribution in [-0.2, 0) is 11.2 Å². The minimum atomic E-state index is -2.77. The maximum atomic E-state index is 12.5. The first kappa shape index (κ1) is 15.4. The predicted molar refractivity (Wildman–Crippen MR) is 74.2 cm³/mol. The number of amides is 1. The van der Waals surface area contributed by atoms with Crippen molar-refractivity contribution in [2.75, 3.05) is 6.54 Å². The van der Waals surface area contributed by atoms with Crippen molar-refractivity contribution < 1.29 is 18.0 Å². The van der Waals surface area contributed by atoms with Crippen LogP contribution in [0.3, 0.4) is 0 Å². The number of nitrogens with zero attached hydrogens (tertiary/aromatic N) is 3. The molecule has 7 heteroatoms. The van der Waals surface area contributed by atoms with E-state index < -0.39 is 12.3 Å². The van der Waals surface area contributed by atoms with E-state index in [1.807, 2.05) is 4.90 Å². The predicted octanol–water partition coefficient (Wildman–Crippen LogP) is 2.98. The molecule has 1 amide bonds. The summed E-state index contributed by atoms with van der Waals surface area (Å²) < 4.78 is 29.6. The molecular formula is C15H21F2N3O2. The summed E-state index contributed by atoms with van der Waals surface area (Å²) in [5.74, 6) is 0.0512. The van der Waals surface area contributed by atoms with Gasteiger partial charge >= 0.3 is 6.43 Å². The van der Waals surface area contributed by atoms with Gasteiger partial charge in [-0.15, -0.1) is 10.2 Å². The number of aromatic nitrogens is 2. The van der Waals surface area contributed by atoms with E-state index in [1.54, 1.807) is 0 Å². The second-order valence-corrected chi connectivity index (χ2v) is 6.95. The highest BCUT2D eigenvalue weighted by Crippen LogP contribution is 2.48. The SMILES string of the molecule is CC1(C)CN(C(=O)CCc2nnc(C(F)F)o2)[C@@H]2CCC[C@@H]21. The largest absolute Gasteiger partial charge is 0.420 e. The maximum absolute atomic E-state index is 12.5. The maximum Gasteiger partial charge on any atom is 0.314 e. The Labute approximate surface area is 128 Å². The molecule has 22 heavy (non-hydrogen) atoms. The van der Waals surface area contributed by atoms with Crippen LogP contribution in [0.25, 0.3) is 0 Å². The fourth-order valence-corrected chi connectivity index (χ4v) is 3.99. The van der Waals surface area contributed by atoms with Gasteiger partial charge in [0.1, 0.15) is 0 Å². The molecule has 2 aliphatic rings. The van der Waals surface area contributed by atoms with Crippen molar-refractivity contribution in [2.45, 2.75) is 58.4 Å². The zero-order valence-corrected chi connectivity index (χ0v) is 12.9. The fraction of sp³-hybridized carbons (Fsp3) is 0.800. The number of fused-ring (bicyclic) bond motifs is 1. The monoisotopic (exact) mass is 313 g/mol. The number of halogens is 2. The van der Waals surface area contributed by atoms with Crippen LogP contribution in [0, 0.1) is 11.3 Å². The van der Waals surface area contributed by atoms with Crippen molar-refractivity contribution in [3.63, 3.8) is 0 Å². The third kappa shape index (κ3) is 2.73. The van der Waals surface area contributed by atoms with Crippen LogP contribution in [-0.4, -0.2) is 33.6 Å². The molecule has 1 aliphatic heterocycles. The average molecular weight is 313 g/mol. The molecule has 2 atom stereocenters. The molecule has 1 saturated heterocycles. The normalized spacial score (nSPS) is 26.7. The van der Waals surface area contributed by atoms with Gasteiger partial charge in [0, 0.05) is 25.4 Å². The molecule has 0 bridgehead atoms. The number of likely N-dealkylation sites (tertiary alicyclic amines) is 1. The molecule has 2 fully saturated rings. The third-order valence-electron chi connectivity index (χ3n) is 5.00. The Balaban J connectivity index is 1.60. The van der Waals surface area contributed by atoms with Crippen molar-refractivity contribution in [1.82, 2.24) is 15.1 Å². The summed E-state index contributed by atoms with van der Waals surface area (Å²) in [4.78, 5) is 14.5. The Morgan fingerprint density at radius 3 is 2.86 bits per heavy atom. The number of carbonyl (C=O) groups excluding carboxylic acids is 1. The van der Waals surface area contributed by atoms with Crippen LogP contribution in [0.5, 0.6) is 0 Å². The third-order valence-corrected chi connectivity index (χ3v) is 5.00. The van der Waals surface area contributed by atoms with Gasteiger partial charge in [0.15, 0.2) is 0 Å². The van der Waals surface area contributed by atoms with Crippen LogP contribution in [0.4, 0.5) is 8.78 Å². The highest BCUT2D eigenvalue weighted by Gasteiger charge is 2.50. The van der Waals surface area contributed by atoms with E-state index in [1.165, 1.54) is 12.8 Å². The molecule has 0 aromatic carbocycles. The Bertz CT molecular complexity index is 559. The highest BCUT2D eigenvalue weighted by atomic mass is 19.3. The minimum absolute atomic E-state index is 0.0549. The molecule has 2 heterocycles. The van der Waals surface area contributed by atoms with E-state index in [9.17, 15) is 13.6 Å². The summed E-state index contributed by atoms with van der Waals surface area (Å²) in [6.45, 7) is 5.21. The Morgan fingerprint density at radius 2 is 2.18 bits per heavy atom. The molecule has 0 radical (unpaired) electrons. The van der Waals surface area contributed by atoms with Gasteiger partial charge in [-0.05, 0) is 24.2 Å². The lowest BCUT2D eigenvalue weighted by atomic mass is 9.80. The number of aryl methyl sites for hydroxylation is 1. The second-order valence-electron chi connectivity index (χ2n) is 6.95. The van der Waals surface area contributed by atoms with E-state index in [2.05, 4.69) is 24.0 Å². The lowest BCUT2D eigenvalue weighted by molar-refractivity contribution is -0.132. The Morgan fingerprint density at radius 1 is 1.41 bits per heavy atom. The van der Waals surface area contributed by atoms with E-state index in [4.69, 9.17) is 4.42 Å². The van der Waals surface area contributed by atoms with Gasteiger partial charge in [-0.2, -0.15) is 8.78 Å². The molecule has 1 aromatic rings. The molecule has 1 aliphatic carbocycles. The number of hydrogen-bond donors (Lipinski definition) is 0. The van der Waals surface area contributed by atoms with E-state index >= 15 is 0 Å². The summed E-state index contributed by atoms with van der Waals surface area (Å²) in [5, 5.41) is 6.84. The number of carbonyl (C=O) groups is 1. The summed E-state index contributed by atoms with van der Waals surface area (Å²) >= 11 is 0. The van der Waals surface area contributed by atoms with Crippen molar-refractivity contribution >= 4 is 5.91 Å². The smallest absolute Gasteiger partial charge is 0.314 e. The fourth-order valence-electron chi connectivity index (χ4n) is 3.99. The molecule has 1 aromatic heterocycles. The Kier molecular flexibility index (Phi) is 3.91. The molecule has 3 rings (SSSR count).